The molecule has 31 heavy (non-hydrogen) atoms. The van der Waals surface area contributed by atoms with Crippen LogP contribution in [0.5, 0.6) is 0 Å². The van der Waals surface area contributed by atoms with E-state index in [0.717, 1.165) is 16.3 Å². The Kier molecular flexibility index (Phi) is 5.08. The SMILES string of the molecule is O=C([O-])c1cn(C2Cc3c(C(=O)NCc4ccccc4)cccc3C2=O)c(C(=O)[O-])n1. The average Bonchev–Trinajstić information content (AvgIpc) is 3.35. The molecule has 3 aromatic rings. The number of imidazole rings is 1. The van der Waals surface area contributed by atoms with Crippen LogP contribution in [0.25, 0.3) is 0 Å². The van der Waals surface area contributed by atoms with Gasteiger partial charge < -0.3 is 29.7 Å². The molecule has 1 unspecified atom stereocenters. The van der Waals surface area contributed by atoms with Gasteiger partial charge in [-0.3, -0.25) is 9.59 Å². The number of benzene rings is 2. The van der Waals surface area contributed by atoms with Gasteiger partial charge in [-0.2, -0.15) is 0 Å². The largest absolute Gasteiger partial charge is 0.543 e. The average molecular weight is 417 g/mol. The van der Waals surface area contributed by atoms with E-state index in [0.29, 0.717) is 17.7 Å². The van der Waals surface area contributed by atoms with Crippen molar-refractivity contribution >= 4 is 23.6 Å². The van der Waals surface area contributed by atoms with E-state index < -0.39 is 35.3 Å². The molecule has 0 fully saturated rings. The molecule has 0 saturated heterocycles. The van der Waals surface area contributed by atoms with E-state index in [-0.39, 0.29) is 17.9 Å². The first-order valence-corrected chi connectivity index (χ1v) is 9.36. The van der Waals surface area contributed by atoms with Crippen LogP contribution in [0.15, 0.2) is 54.7 Å². The minimum Gasteiger partial charge on any atom is -0.543 e. The summed E-state index contributed by atoms with van der Waals surface area (Å²) >= 11 is 0. The Bertz CT molecular complexity index is 1220. The zero-order chi connectivity index (χ0) is 22.1. The first-order chi connectivity index (χ1) is 14.9. The first-order valence-electron chi connectivity index (χ1n) is 9.36. The molecule has 2 aromatic carbocycles. The van der Waals surface area contributed by atoms with Crippen LogP contribution >= 0.6 is 0 Å². The number of Topliss-reactive ketones (excluding diaryl/α,β-unsaturated/α-hetero) is 1. The van der Waals surface area contributed by atoms with E-state index in [1.807, 2.05) is 30.3 Å². The minimum absolute atomic E-state index is 0.00618. The number of fused-ring (bicyclic) bond motifs is 1. The Morgan fingerprint density at radius 1 is 1.03 bits per heavy atom. The lowest BCUT2D eigenvalue weighted by Crippen LogP contribution is -2.29. The fraction of sp³-hybridized carbons (Fsp3) is 0.136. The van der Waals surface area contributed by atoms with Crippen LogP contribution in [0.2, 0.25) is 0 Å². The number of nitrogens with zero attached hydrogens (tertiary/aromatic N) is 2. The van der Waals surface area contributed by atoms with Crippen molar-refractivity contribution < 1.29 is 29.4 Å². The fourth-order valence-electron chi connectivity index (χ4n) is 3.69. The van der Waals surface area contributed by atoms with Crippen molar-refractivity contribution in [1.29, 1.82) is 0 Å². The van der Waals surface area contributed by atoms with Crippen molar-refractivity contribution in [3.63, 3.8) is 0 Å². The Hall–Kier alpha value is -4.27. The maximum absolute atomic E-state index is 12.9. The van der Waals surface area contributed by atoms with Crippen LogP contribution in [0.3, 0.4) is 0 Å². The molecule has 1 aliphatic rings. The highest BCUT2D eigenvalue weighted by Gasteiger charge is 2.36. The predicted octanol–water partition coefficient (Wildman–Crippen LogP) is -0.480. The lowest BCUT2D eigenvalue weighted by Gasteiger charge is -2.14. The second-order valence-corrected chi connectivity index (χ2v) is 7.02. The van der Waals surface area contributed by atoms with Gasteiger partial charge in [0.15, 0.2) is 11.6 Å². The number of amides is 1. The third kappa shape index (κ3) is 3.68. The van der Waals surface area contributed by atoms with Crippen molar-refractivity contribution in [2.24, 2.45) is 0 Å². The summed E-state index contributed by atoms with van der Waals surface area (Å²) in [5.74, 6) is -4.92. The summed E-state index contributed by atoms with van der Waals surface area (Å²) in [5, 5.41) is 25.3. The molecule has 1 amide bonds. The van der Waals surface area contributed by atoms with E-state index in [2.05, 4.69) is 10.3 Å². The molecule has 1 atom stereocenters. The molecule has 0 saturated carbocycles. The monoisotopic (exact) mass is 417 g/mol. The number of hydrogen-bond acceptors (Lipinski definition) is 7. The smallest absolute Gasteiger partial charge is 0.251 e. The Morgan fingerprint density at radius 3 is 2.45 bits per heavy atom. The minimum atomic E-state index is -1.72. The quantitative estimate of drug-likeness (QED) is 0.570. The number of aromatic carboxylic acids is 2. The third-order valence-electron chi connectivity index (χ3n) is 5.14. The van der Waals surface area contributed by atoms with Gasteiger partial charge in [0.05, 0.1) is 5.97 Å². The van der Waals surface area contributed by atoms with Gasteiger partial charge in [-0.1, -0.05) is 42.5 Å². The van der Waals surface area contributed by atoms with Crippen molar-refractivity contribution in [1.82, 2.24) is 14.9 Å². The molecular weight excluding hydrogens is 402 g/mol. The summed E-state index contributed by atoms with van der Waals surface area (Å²) in [7, 11) is 0. The Balaban J connectivity index is 1.64. The van der Waals surface area contributed by atoms with Gasteiger partial charge >= 0.3 is 0 Å². The lowest BCUT2D eigenvalue weighted by atomic mass is 10.0. The first kappa shape index (κ1) is 20.0. The van der Waals surface area contributed by atoms with E-state index in [1.165, 1.54) is 0 Å². The molecular formula is C22H15N3O6-2. The molecule has 0 aliphatic heterocycles. The van der Waals surface area contributed by atoms with Crippen LogP contribution in [-0.4, -0.2) is 33.2 Å². The number of hydrogen-bond donors (Lipinski definition) is 1. The summed E-state index contributed by atoms with van der Waals surface area (Å²) in [6.45, 7) is 0.298. The zero-order valence-corrected chi connectivity index (χ0v) is 16.0. The van der Waals surface area contributed by atoms with Crippen molar-refractivity contribution in [3.05, 3.63) is 88.5 Å². The predicted molar refractivity (Wildman–Crippen MR) is 102 cm³/mol. The summed E-state index contributed by atoms with van der Waals surface area (Å²) in [5.41, 5.74) is 1.30. The summed E-state index contributed by atoms with van der Waals surface area (Å²) < 4.78 is 0.953. The fourth-order valence-corrected chi connectivity index (χ4v) is 3.69. The van der Waals surface area contributed by atoms with Crippen LogP contribution < -0.4 is 15.5 Å². The molecule has 9 nitrogen and oxygen atoms in total. The number of rotatable bonds is 6. The standard InChI is InChI=1S/C22H17N3O6/c26-18-13-7-4-8-14(20(27)23-10-12-5-2-1-3-6-12)15(13)9-17(18)25-11-16(21(28)29)24-19(25)22(30)31/h1-8,11,17H,9-10H2,(H,23,27)(H,28,29)(H,30,31)/p-2. The van der Waals surface area contributed by atoms with Crippen LogP contribution in [-0.2, 0) is 13.0 Å². The number of ketones is 1. The normalized spacial score (nSPS) is 14.8. The molecule has 1 aliphatic carbocycles. The highest BCUT2D eigenvalue weighted by molar-refractivity contribution is 6.08. The van der Waals surface area contributed by atoms with Gasteiger partial charge in [0, 0.05) is 30.3 Å². The molecule has 0 radical (unpaired) electrons. The summed E-state index contributed by atoms with van der Waals surface area (Å²) in [6, 6.07) is 12.9. The molecule has 1 aromatic heterocycles. The maximum Gasteiger partial charge on any atom is 0.251 e. The van der Waals surface area contributed by atoms with E-state index in [4.69, 9.17) is 0 Å². The van der Waals surface area contributed by atoms with Crippen molar-refractivity contribution in [3.8, 4) is 0 Å². The lowest BCUT2D eigenvalue weighted by molar-refractivity contribution is -0.256. The number of carboxylic acid groups (broad SMARTS) is 2. The highest BCUT2D eigenvalue weighted by Crippen LogP contribution is 2.33. The molecule has 0 spiro atoms. The van der Waals surface area contributed by atoms with Gasteiger partial charge in [0.25, 0.3) is 5.91 Å². The molecule has 1 N–H and O–H groups in total. The van der Waals surface area contributed by atoms with Crippen LogP contribution in [0.1, 0.15) is 59.0 Å². The number of carbonyl (C=O) groups is 4. The second-order valence-electron chi connectivity index (χ2n) is 7.02. The number of nitrogens with one attached hydrogen (secondary N) is 1. The highest BCUT2D eigenvalue weighted by atomic mass is 16.4. The number of aromatic nitrogens is 2. The van der Waals surface area contributed by atoms with E-state index in [9.17, 15) is 29.4 Å². The van der Waals surface area contributed by atoms with Crippen molar-refractivity contribution in [2.75, 3.05) is 0 Å². The topological polar surface area (TPSA) is 144 Å². The molecule has 9 heteroatoms. The zero-order valence-electron chi connectivity index (χ0n) is 16.0. The van der Waals surface area contributed by atoms with Gasteiger partial charge in [0.1, 0.15) is 17.7 Å². The van der Waals surface area contributed by atoms with Crippen LogP contribution in [0, 0.1) is 0 Å². The summed E-state index contributed by atoms with van der Waals surface area (Å²) in [6.07, 6.45) is 0.941. The van der Waals surface area contributed by atoms with Gasteiger partial charge in [0.2, 0.25) is 0 Å². The second kappa shape index (κ2) is 7.86. The molecule has 4 rings (SSSR count). The van der Waals surface area contributed by atoms with Gasteiger partial charge in [-0.25, -0.2) is 4.98 Å². The third-order valence-corrected chi connectivity index (χ3v) is 5.14. The van der Waals surface area contributed by atoms with Gasteiger partial charge in [-0.15, -0.1) is 0 Å². The number of carbonyl (C=O) groups excluding carboxylic acids is 4. The van der Waals surface area contributed by atoms with Gasteiger partial charge in [-0.05, 0) is 17.2 Å². The van der Waals surface area contributed by atoms with E-state index in [1.54, 1.807) is 18.2 Å². The Labute approximate surface area is 176 Å². The van der Waals surface area contributed by atoms with Crippen molar-refractivity contribution in [2.45, 2.75) is 19.0 Å². The summed E-state index contributed by atoms with van der Waals surface area (Å²) in [4.78, 5) is 51.7. The van der Waals surface area contributed by atoms with E-state index >= 15 is 0 Å². The number of carboxylic acids is 2. The molecule has 0 bridgehead atoms. The van der Waals surface area contributed by atoms with Crippen LogP contribution in [0.4, 0.5) is 0 Å². The maximum atomic E-state index is 12.9. The molecule has 156 valence electrons. The molecule has 1 heterocycles. The Morgan fingerprint density at radius 2 is 1.77 bits per heavy atom.